The standard InChI is InChI=1S/C30H38F2N6O4/c1-5-19(2)27(39)35-26(20(3)42-4)29(41)38-13-6-7-24(38)17-36(14-12-21-8-10-22(31)11-9-21)28(40)25-18-37-16-23(32)15-33-30(37)34-25/h8-11,15-16,18-20,24,26H,5-7,12-14,17H2,1-4H3,(H,35,39)/t19-,20-,24+,26+/m1/s1. The van der Waals surface area contributed by atoms with E-state index in [1.807, 2.05) is 6.92 Å². The minimum Gasteiger partial charge on any atom is -0.379 e. The maximum Gasteiger partial charge on any atom is 0.274 e. The summed E-state index contributed by atoms with van der Waals surface area (Å²) in [5.74, 6) is -1.86. The van der Waals surface area contributed by atoms with E-state index in [0.29, 0.717) is 25.8 Å². The molecule has 0 saturated carbocycles. The zero-order chi connectivity index (χ0) is 30.4. The van der Waals surface area contributed by atoms with Crippen molar-refractivity contribution in [3.05, 3.63) is 65.7 Å². The molecule has 4 atom stereocenters. The predicted octanol–water partition coefficient (Wildman–Crippen LogP) is 3.25. The molecule has 0 aliphatic carbocycles. The molecule has 1 aliphatic heterocycles. The normalized spacial score (nSPS) is 17.2. The summed E-state index contributed by atoms with van der Waals surface area (Å²) < 4.78 is 34.0. The van der Waals surface area contributed by atoms with Crippen molar-refractivity contribution in [2.75, 3.05) is 26.7 Å². The molecule has 42 heavy (non-hydrogen) atoms. The average Bonchev–Trinajstić information content (AvgIpc) is 3.63. The van der Waals surface area contributed by atoms with Gasteiger partial charge in [-0.2, -0.15) is 0 Å². The summed E-state index contributed by atoms with van der Waals surface area (Å²) in [6.07, 6.45) is 5.57. The van der Waals surface area contributed by atoms with E-state index in [0.717, 1.165) is 18.2 Å². The maximum atomic E-state index is 13.8. The highest BCUT2D eigenvalue weighted by atomic mass is 19.1. The number of hydrogen-bond acceptors (Lipinski definition) is 6. The van der Waals surface area contributed by atoms with Crippen molar-refractivity contribution in [2.24, 2.45) is 5.92 Å². The van der Waals surface area contributed by atoms with Gasteiger partial charge in [-0.05, 0) is 50.3 Å². The molecule has 2 aromatic heterocycles. The highest BCUT2D eigenvalue weighted by Gasteiger charge is 2.38. The number of halogens is 2. The SMILES string of the molecule is CC[C@@H](C)C(=O)N[C@H](C(=O)N1CCC[C@H]1CN(CCc1ccc(F)cc1)C(=O)c1cn2cc(F)cnc2n1)[C@@H](C)OC. The Morgan fingerprint density at radius 2 is 1.88 bits per heavy atom. The first-order chi connectivity index (χ1) is 20.1. The Morgan fingerprint density at radius 3 is 2.57 bits per heavy atom. The van der Waals surface area contributed by atoms with Crippen LogP contribution in [0.2, 0.25) is 0 Å². The van der Waals surface area contributed by atoms with Crippen molar-refractivity contribution in [1.29, 1.82) is 0 Å². The van der Waals surface area contributed by atoms with Crippen molar-refractivity contribution in [1.82, 2.24) is 29.5 Å². The van der Waals surface area contributed by atoms with Crippen LogP contribution in [0.25, 0.3) is 5.78 Å². The summed E-state index contributed by atoms with van der Waals surface area (Å²) in [7, 11) is 1.49. The number of nitrogens with one attached hydrogen (secondary N) is 1. The lowest BCUT2D eigenvalue weighted by Crippen LogP contribution is -2.57. The number of imidazole rings is 1. The van der Waals surface area contributed by atoms with Gasteiger partial charge in [-0.25, -0.2) is 18.7 Å². The number of fused-ring (bicyclic) bond motifs is 1. The molecule has 0 bridgehead atoms. The maximum absolute atomic E-state index is 13.8. The van der Waals surface area contributed by atoms with Gasteiger partial charge in [-0.3, -0.25) is 18.8 Å². The van der Waals surface area contributed by atoms with E-state index in [-0.39, 0.29) is 54.2 Å². The summed E-state index contributed by atoms with van der Waals surface area (Å²) in [5.41, 5.74) is 0.934. The molecule has 4 rings (SSSR count). The molecule has 1 aliphatic rings. The van der Waals surface area contributed by atoms with Crippen molar-refractivity contribution >= 4 is 23.5 Å². The van der Waals surface area contributed by atoms with E-state index in [2.05, 4.69) is 15.3 Å². The Kier molecular flexibility index (Phi) is 10.2. The molecule has 0 radical (unpaired) electrons. The van der Waals surface area contributed by atoms with Gasteiger partial charge < -0.3 is 19.9 Å². The predicted molar refractivity (Wildman–Crippen MR) is 152 cm³/mol. The topological polar surface area (TPSA) is 109 Å². The van der Waals surface area contributed by atoms with Crippen LogP contribution < -0.4 is 5.32 Å². The van der Waals surface area contributed by atoms with Crippen LogP contribution in [0.4, 0.5) is 8.78 Å². The lowest BCUT2D eigenvalue weighted by Gasteiger charge is -2.34. The van der Waals surface area contributed by atoms with Crippen molar-refractivity contribution in [3.63, 3.8) is 0 Å². The van der Waals surface area contributed by atoms with Crippen LogP contribution in [-0.2, 0) is 20.7 Å². The number of nitrogens with zero attached hydrogens (tertiary/aromatic N) is 5. The number of benzene rings is 1. The van der Waals surface area contributed by atoms with Crippen molar-refractivity contribution < 1.29 is 27.9 Å². The minimum absolute atomic E-state index is 0.0924. The van der Waals surface area contributed by atoms with E-state index in [1.54, 1.807) is 35.8 Å². The van der Waals surface area contributed by atoms with Crippen molar-refractivity contribution in [3.8, 4) is 0 Å². The third kappa shape index (κ3) is 7.28. The second kappa shape index (κ2) is 13.8. The Balaban J connectivity index is 1.57. The quantitative estimate of drug-likeness (QED) is 0.350. The van der Waals surface area contributed by atoms with E-state index < -0.39 is 23.9 Å². The molecule has 226 valence electrons. The zero-order valence-corrected chi connectivity index (χ0v) is 24.4. The highest BCUT2D eigenvalue weighted by molar-refractivity contribution is 5.93. The Bertz CT molecular complexity index is 1400. The molecule has 1 saturated heterocycles. The number of amides is 3. The second-order valence-corrected chi connectivity index (χ2v) is 10.8. The Morgan fingerprint density at radius 1 is 1.14 bits per heavy atom. The Labute approximate surface area is 244 Å². The van der Waals surface area contributed by atoms with Crippen LogP contribution in [0.3, 0.4) is 0 Å². The Hall–Kier alpha value is -3.93. The molecular weight excluding hydrogens is 546 g/mol. The van der Waals surface area contributed by atoms with Gasteiger partial charge in [0.15, 0.2) is 5.82 Å². The molecule has 3 amide bonds. The van der Waals surface area contributed by atoms with Gasteiger partial charge in [-0.15, -0.1) is 0 Å². The number of rotatable bonds is 12. The number of aromatic nitrogens is 3. The summed E-state index contributed by atoms with van der Waals surface area (Å²) >= 11 is 0. The first-order valence-electron chi connectivity index (χ1n) is 14.3. The van der Waals surface area contributed by atoms with Gasteiger partial charge in [0.2, 0.25) is 17.6 Å². The molecular formula is C30H38F2N6O4. The first kappa shape index (κ1) is 31.0. The van der Waals surface area contributed by atoms with Gasteiger partial charge in [0.1, 0.15) is 17.6 Å². The lowest BCUT2D eigenvalue weighted by molar-refractivity contribution is -0.141. The van der Waals surface area contributed by atoms with E-state index in [4.69, 9.17) is 4.74 Å². The van der Waals surface area contributed by atoms with Crippen molar-refractivity contribution in [2.45, 2.75) is 64.6 Å². The average molecular weight is 585 g/mol. The van der Waals surface area contributed by atoms with Crippen LogP contribution >= 0.6 is 0 Å². The number of methoxy groups -OCH3 is 1. The van der Waals surface area contributed by atoms with Crippen LogP contribution in [0, 0.1) is 17.6 Å². The minimum atomic E-state index is -0.875. The summed E-state index contributed by atoms with van der Waals surface area (Å²) in [5, 5.41) is 2.87. The molecule has 0 spiro atoms. The number of hydrogen-bond donors (Lipinski definition) is 1. The highest BCUT2D eigenvalue weighted by Crippen LogP contribution is 2.22. The molecule has 1 fully saturated rings. The first-order valence-corrected chi connectivity index (χ1v) is 14.3. The van der Waals surface area contributed by atoms with Crippen LogP contribution in [0.5, 0.6) is 0 Å². The molecule has 1 N–H and O–H groups in total. The number of ether oxygens (including phenoxy) is 1. The van der Waals surface area contributed by atoms with Crippen LogP contribution in [0.1, 0.15) is 56.1 Å². The fourth-order valence-corrected chi connectivity index (χ4v) is 5.06. The van der Waals surface area contributed by atoms with Gasteiger partial charge in [0.25, 0.3) is 5.91 Å². The molecule has 0 unspecified atom stereocenters. The van der Waals surface area contributed by atoms with Gasteiger partial charge >= 0.3 is 0 Å². The molecule has 12 heteroatoms. The smallest absolute Gasteiger partial charge is 0.274 e. The summed E-state index contributed by atoms with van der Waals surface area (Å²) in [4.78, 5) is 51.9. The number of carbonyl (C=O) groups excluding carboxylic acids is 3. The fraction of sp³-hybridized carbons (Fsp3) is 0.500. The molecule has 1 aromatic carbocycles. The molecule has 3 heterocycles. The van der Waals surface area contributed by atoms with Crippen LogP contribution in [-0.4, -0.2) is 86.8 Å². The van der Waals surface area contributed by atoms with E-state index in [9.17, 15) is 23.2 Å². The summed E-state index contributed by atoms with van der Waals surface area (Å²) in [6.45, 7) is 6.43. The molecule has 10 nitrogen and oxygen atoms in total. The van der Waals surface area contributed by atoms with Gasteiger partial charge in [-0.1, -0.05) is 26.0 Å². The number of carbonyl (C=O) groups is 3. The monoisotopic (exact) mass is 584 g/mol. The zero-order valence-electron chi connectivity index (χ0n) is 24.4. The van der Waals surface area contributed by atoms with Gasteiger partial charge in [0.05, 0.1) is 12.3 Å². The number of likely N-dealkylation sites (tertiary alicyclic amines) is 1. The second-order valence-electron chi connectivity index (χ2n) is 10.8. The van der Waals surface area contributed by atoms with Crippen LogP contribution in [0.15, 0.2) is 42.9 Å². The molecule has 3 aromatic rings. The van der Waals surface area contributed by atoms with E-state index in [1.165, 1.54) is 36.0 Å². The van der Waals surface area contributed by atoms with Gasteiger partial charge in [0, 0.05) is 51.1 Å². The fourth-order valence-electron chi connectivity index (χ4n) is 5.06. The van der Waals surface area contributed by atoms with E-state index >= 15 is 0 Å². The third-order valence-corrected chi connectivity index (χ3v) is 7.92. The third-order valence-electron chi connectivity index (χ3n) is 7.92. The lowest BCUT2D eigenvalue weighted by atomic mass is 10.1. The largest absolute Gasteiger partial charge is 0.379 e. The summed E-state index contributed by atoms with van der Waals surface area (Å²) in [6, 6.07) is 4.88.